The number of fused-ring (bicyclic) bond motifs is 1. The lowest BCUT2D eigenvalue weighted by Crippen LogP contribution is -2.33. The molecule has 26 heteroatoms. The van der Waals surface area contributed by atoms with E-state index >= 15 is 0 Å². The van der Waals surface area contributed by atoms with Crippen LogP contribution in [-0.4, -0.2) is 110 Å². The largest absolute Gasteiger partial charge is 0.490 e. The van der Waals surface area contributed by atoms with Crippen LogP contribution in [0.1, 0.15) is 61.2 Å². The topological polar surface area (TPSA) is 326 Å². The molecule has 334 valence electrons. The maximum absolute atomic E-state index is 12.6. The summed E-state index contributed by atoms with van der Waals surface area (Å²) in [4.78, 5) is 81.5. The summed E-state index contributed by atoms with van der Waals surface area (Å²) in [6.07, 6.45) is 2.04. The highest BCUT2D eigenvalue weighted by atomic mass is 31.3. The molecular formula is C35H46N5O18P3. The first-order valence-electron chi connectivity index (χ1n) is 18.2. The molecule has 0 spiro atoms. The van der Waals surface area contributed by atoms with E-state index in [9.17, 15) is 37.9 Å². The summed E-state index contributed by atoms with van der Waals surface area (Å²) in [6, 6.07) is 6.57. The van der Waals surface area contributed by atoms with Crippen LogP contribution in [-0.2, 0) is 55.4 Å². The number of nitrogens with two attached hydrogens (primary N) is 1. The summed E-state index contributed by atoms with van der Waals surface area (Å²) < 4.78 is 77.1. The molecule has 4 rings (SSSR count). The fourth-order valence-electron chi connectivity index (χ4n) is 5.69. The number of amides is 1. The van der Waals surface area contributed by atoms with E-state index in [4.69, 9.17) is 43.7 Å². The molecule has 0 aliphatic carbocycles. The molecule has 3 heterocycles. The van der Waals surface area contributed by atoms with Crippen LogP contribution in [0.5, 0.6) is 5.75 Å². The van der Waals surface area contributed by atoms with E-state index in [2.05, 4.69) is 42.3 Å². The number of Topliss-reactive ketones (excluding diaryl/α,β-unsaturated/α-hetero) is 2. The van der Waals surface area contributed by atoms with Gasteiger partial charge in [-0.25, -0.2) is 23.7 Å². The van der Waals surface area contributed by atoms with Crippen LogP contribution in [0.4, 0.5) is 5.82 Å². The number of rotatable bonds is 25. The van der Waals surface area contributed by atoms with Gasteiger partial charge in [0.1, 0.15) is 54.9 Å². The molecule has 2 aromatic heterocycles. The zero-order valence-electron chi connectivity index (χ0n) is 32.9. The average Bonchev–Trinajstić information content (AvgIpc) is 3.77. The smallest absolute Gasteiger partial charge is 0.488 e. The van der Waals surface area contributed by atoms with Crippen LogP contribution in [0.3, 0.4) is 0 Å². The Morgan fingerprint density at radius 2 is 1.89 bits per heavy atom. The van der Waals surface area contributed by atoms with Gasteiger partial charge in [-0.1, -0.05) is 30.0 Å². The summed E-state index contributed by atoms with van der Waals surface area (Å²) >= 11 is 0. The van der Waals surface area contributed by atoms with Gasteiger partial charge in [0.15, 0.2) is 12.1 Å². The lowest BCUT2D eigenvalue weighted by Gasteiger charge is -2.20. The Kier molecular flexibility index (Phi) is 18.5. The van der Waals surface area contributed by atoms with Gasteiger partial charge >= 0.3 is 23.5 Å². The minimum atomic E-state index is -5.72. The Labute approximate surface area is 349 Å². The number of aromatic nitrogens is 3. The number of hydrogen-bond acceptors (Lipinski definition) is 17. The van der Waals surface area contributed by atoms with Crippen LogP contribution >= 0.6 is 23.5 Å². The predicted octanol–water partition coefficient (Wildman–Crippen LogP) is 3.08. The molecule has 61 heavy (non-hydrogen) atoms. The number of anilines is 1. The molecule has 7 N–H and O–H groups in total. The number of methoxy groups -OCH3 is 1. The zero-order chi connectivity index (χ0) is 44.8. The van der Waals surface area contributed by atoms with Crippen molar-refractivity contribution in [2.45, 2.75) is 63.8 Å². The number of carbonyl (C=O) groups is 3. The molecule has 1 aromatic carbocycles. The third-order valence-corrected chi connectivity index (χ3v) is 12.1. The molecule has 6 atom stereocenters. The van der Waals surface area contributed by atoms with Crippen molar-refractivity contribution in [3.05, 3.63) is 60.6 Å². The fraction of sp³-hybridized carbons (Fsp3) is 0.457. The van der Waals surface area contributed by atoms with Gasteiger partial charge in [0, 0.05) is 51.1 Å². The normalized spacial score (nSPS) is 19.0. The van der Waals surface area contributed by atoms with Crippen molar-refractivity contribution in [3.63, 3.8) is 0 Å². The second-order valence-electron chi connectivity index (χ2n) is 13.0. The molecule has 6 unspecified atom stereocenters. The van der Waals surface area contributed by atoms with Crippen LogP contribution in [0.15, 0.2) is 49.4 Å². The van der Waals surface area contributed by atoms with Crippen LogP contribution < -0.4 is 15.8 Å². The number of ether oxygens (including phenoxy) is 5. The number of hydrogen-bond donors (Lipinski definition) is 6. The van der Waals surface area contributed by atoms with Crippen molar-refractivity contribution in [1.29, 1.82) is 0 Å². The van der Waals surface area contributed by atoms with Crippen molar-refractivity contribution in [2.75, 3.05) is 45.8 Å². The van der Waals surface area contributed by atoms with Gasteiger partial charge in [0.05, 0.1) is 30.3 Å². The molecule has 0 radical (unpaired) electrons. The number of benzene rings is 1. The number of ketones is 2. The number of nitrogens with zero attached hydrogens (tertiary/aromatic N) is 3. The van der Waals surface area contributed by atoms with Crippen LogP contribution in [0.2, 0.25) is 0 Å². The summed E-state index contributed by atoms with van der Waals surface area (Å²) in [7, 11) is -15.4. The minimum absolute atomic E-state index is 0.0154. The molecular weight excluding hydrogens is 871 g/mol. The van der Waals surface area contributed by atoms with Gasteiger partial charge in [-0.05, 0) is 25.5 Å². The first-order valence-corrected chi connectivity index (χ1v) is 22.7. The second-order valence-corrected chi connectivity index (χ2v) is 17.4. The van der Waals surface area contributed by atoms with Crippen molar-refractivity contribution < 1.29 is 84.5 Å². The number of nitrogens with one attached hydrogen (secondary N) is 1. The maximum atomic E-state index is 12.6. The SMILES string of the molecule is C=CCOC(COc1cccc(C(=O)CCCC(C)=O)c1)OCC(=O)NCCC#Cc1cn(C2CC(OC)C(COP(=O)(O)OP(=O)(O)OP(=O)(O)O)O2)c2ncnc(N)c12. The van der Waals surface area contributed by atoms with Crippen molar-refractivity contribution in [1.82, 2.24) is 19.9 Å². The van der Waals surface area contributed by atoms with Gasteiger partial charge in [0.2, 0.25) is 5.91 Å². The Morgan fingerprint density at radius 3 is 2.59 bits per heavy atom. The Bertz CT molecular complexity index is 2240. The van der Waals surface area contributed by atoms with Crippen molar-refractivity contribution >= 4 is 57.8 Å². The first kappa shape index (κ1) is 49.5. The van der Waals surface area contributed by atoms with Gasteiger partial charge in [0.25, 0.3) is 0 Å². The third-order valence-electron chi connectivity index (χ3n) is 8.32. The van der Waals surface area contributed by atoms with Crippen molar-refractivity contribution in [3.8, 4) is 17.6 Å². The quantitative estimate of drug-likeness (QED) is 0.0178. The molecule has 23 nitrogen and oxygen atoms in total. The number of phosphoric ester groups is 1. The molecule has 1 amide bonds. The summed E-state index contributed by atoms with van der Waals surface area (Å²) in [6.45, 7) is 4.13. The molecule has 1 aliphatic heterocycles. The molecule has 1 saturated heterocycles. The Balaban J connectivity index is 1.31. The van der Waals surface area contributed by atoms with E-state index in [1.54, 1.807) is 35.0 Å². The zero-order valence-corrected chi connectivity index (χ0v) is 35.6. The molecule has 0 bridgehead atoms. The van der Waals surface area contributed by atoms with E-state index in [0.717, 1.165) is 0 Å². The summed E-state index contributed by atoms with van der Waals surface area (Å²) in [5.74, 6) is 5.86. The van der Waals surface area contributed by atoms with E-state index in [-0.39, 0.29) is 63.0 Å². The molecule has 0 saturated carbocycles. The molecule has 3 aromatic rings. The van der Waals surface area contributed by atoms with Crippen LogP contribution in [0.25, 0.3) is 11.0 Å². The molecule has 1 fully saturated rings. The monoisotopic (exact) mass is 917 g/mol. The van der Waals surface area contributed by atoms with E-state index in [1.807, 2.05) is 0 Å². The van der Waals surface area contributed by atoms with E-state index in [1.165, 1.54) is 26.4 Å². The molecule has 1 aliphatic rings. The van der Waals surface area contributed by atoms with Gasteiger partial charge in [-0.3, -0.25) is 14.1 Å². The van der Waals surface area contributed by atoms with Crippen molar-refractivity contribution in [2.24, 2.45) is 0 Å². The highest BCUT2D eigenvalue weighted by molar-refractivity contribution is 7.66. The summed E-state index contributed by atoms with van der Waals surface area (Å²) in [5, 5.41) is 3.08. The maximum Gasteiger partial charge on any atom is 0.490 e. The highest BCUT2D eigenvalue weighted by Crippen LogP contribution is 2.66. The van der Waals surface area contributed by atoms with Gasteiger partial charge in [-0.2, -0.15) is 8.62 Å². The predicted molar refractivity (Wildman–Crippen MR) is 212 cm³/mol. The minimum Gasteiger partial charge on any atom is -0.488 e. The standard InChI is InChI=1S/C35H46N5O18P3/c1-4-15-52-32(21-53-26-12-8-11-24(16-26)27(42)13-7-9-23(2)41)54-20-30(43)37-14-6-5-10-25-18-40(35-33(25)34(36)38-22-39-35)31-17-28(51-3)29(56-31)19-55-60(47,48)58-61(49,50)57-59(44,45)46/h4,8,11-12,16,18,22,28-29,31-32H,1,6-7,9,13-15,17,19-21H2,2-3H3,(H,37,43)(H,47,48)(H,49,50)(H2,36,38,39)(H2,44,45,46). The lowest BCUT2D eigenvalue weighted by molar-refractivity contribution is -0.162. The lowest BCUT2D eigenvalue weighted by atomic mass is 10.0. The Morgan fingerprint density at radius 1 is 1.11 bits per heavy atom. The highest BCUT2D eigenvalue weighted by Gasteiger charge is 2.43. The van der Waals surface area contributed by atoms with E-state index in [0.29, 0.717) is 40.8 Å². The van der Waals surface area contributed by atoms with Crippen LogP contribution in [0, 0.1) is 11.8 Å². The Hall–Kier alpha value is -4.20. The van der Waals surface area contributed by atoms with Gasteiger partial charge in [-0.15, -0.1) is 6.58 Å². The summed E-state index contributed by atoms with van der Waals surface area (Å²) in [5.41, 5.74) is 7.33. The first-order chi connectivity index (χ1) is 28.8. The average molecular weight is 918 g/mol. The second kappa shape index (κ2) is 22.8. The van der Waals surface area contributed by atoms with E-state index < -0.39 is 60.7 Å². The fourth-order valence-corrected chi connectivity index (χ4v) is 8.72. The number of phosphoric acid groups is 3. The third kappa shape index (κ3) is 16.2. The number of nitrogen functional groups attached to an aromatic ring is 1. The number of carbonyl (C=O) groups excluding carboxylic acids is 3. The van der Waals surface area contributed by atoms with Gasteiger partial charge < -0.3 is 63.7 Å².